The molecule has 0 atom stereocenters. The average molecular weight is 180 g/mol. The zero-order chi connectivity index (χ0) is 9.26. The molecule has 0 amide bonds. The van der Waals surface area contributed by atoms with Crippen LogP contribution >= 0.6 is 0 Å². The molecule has 0 saturated heterocycles. The van der Waals surface area contributed by atoms with Crippen LogP contribution in [0.2, 0.25) is 0 Å². The second-order valence-corrected chi connectivity index (χ2v) is 3.53. The van der Waals surface area contributed by atoms with Crippen LogP contribution in [0.25, 0.3) is 0 Å². The monoisotopic (exact) mass is 180 g/mol. The van der Waals surface area contributed by atoms with Crippen molar-refractivity contribution in [1.29, 1.82) is 0 Å². The summed E-state index contributed by atoms with van der Waals surface area (Å²) < 4.78 is 1.82. The summed E-state index contributed by atoms with van der Waals surface area (Å²) in [7, 11) is 0. The van der Waals surface area contributed by atoms with E-state index in [0.29, 0.717) is 0 Å². The maximum Gasteiger partial charge on any atom is 0.121 e. The molecule has 0 aliphatic heterocycles. The first kappa shape index (κ1) is 8.56. The van der Waals surface area contributed by atoms with E-state index in [0.717, 1.165) is 30.6 Å². The van der Waals surface area contributed by atoms with Gasteiger partial charge in [-0.2, -0.15) is 5.10 Å². The van der Waals surface area contributed by atoms with Crippen molar-refractivity contribution in [2.75, 3.05) is 5.73 Å². The molecule has 1 fully saturated rings. The molecule has 0 unspecified atom stereocenters. The van der Waals surface area contributed by atoms with Crippen LogP contribution in [-0.2, 0) is 13.1 Å². The van der Waals surface area contributed by atoms with Crippen molar-refractivity contribution in [2.24, 2.45) is 0 Å². The lowest BCUT2D eigenvalue weighted by molar-refractivity contribution is 0.623. The molecular weight excluding hydrogens is 164 g/mol. The number of nitrogens with one attached hydrogen (secondary N) is 1. The topological polar surface area (TPSA) is 55.9 Å². The van der Waals surface area contributed by atoms with Gasteiger partial charge in [0.1, 0.15) is 5.82 Å². The molecule has 13 heavy (non-hydrogen) atoms. The first-order valence-electron chi connectivity index (χ1n) is 4.85. The molecule has 3 N–H and O–H groups in total. The molecule has 0 radical (unpaired) electrons. The number of anilines is 1. The maximum absolute atomic E-state index is 5.75. The fourth-order valence-corrected chi connectivity index (χ4v) is 1.36. The Morgan fingerprint density at radius 2 is 2.46 bits per heavy atom. The lowest BCUT2D eigenvalue weighted by atomic mass is 10.4. The van der Waals surface area contributed by atoms with Crippen LogP contribution in [0.4, 0.5) is 5.82 Å². The Kier molecular flexibility index (Phi) is 2.22. The minimum Gasteiger partial charge on any atom is -0.384 e. The predicted molar refractivity (Wildman–Crippen MR) is 52.2 cm³/mol. The molecule has 1 aliphatic carbocycles. The van der Waals surface area contributed by atoms with Crippen LogP contribution in [0.15, 0.2) is 6.07 Å². The molecule has 4 heteroatoms. The van der Waals surface area contributed by atoms with Crippen molar-refractivity contribution in [1.82, 2.24) is 15.1 Å². The highest BCUT2D eigenvalue weighted by Crippen LogP contribution is 2.19. The van der Waals surface area contributed by atoms with E-state index in [1.54, 1.807) is 0 Å². The van der Waals surface area contributed by atoms with Gasteiger partial charge in [-0.3, -0.25) is 4.68 Å². The van der Waals surface area contributed by atoms with Gasteiger partial charge in [0.2, 0.25) is 0 Å². The summed E-state index contributed by atoms with van der Waals surface area (Å²) in [5.41, 5.74) is 6.79. The Balaban J connectivity index is 1.94. The summed E-state index contributed by atoms with van der Waals surface area (Å²) in [5, 5.41) is 7.76. The Bertz CT molecular complexity index is 288. The third-order valence-electron chi connectivity index (χ3n) is 2.31. The van der Waals surface area contributed by atoms with Gasteiger partial charge < -0.3 is 11.1 Å². The van der Waals surface area contributed by atoms with E-state index in [4.69, 9.17) is 5.73 Å². The Labute approximate surface area is 78.1 Å². The molecule has 1 saturated carbocycles. The molecule has 0 bridgehead atoms. The molecule has 1 heterocycles. The normalized spacial score (nSPS) is 16.4. The smallest absolute Gasteiger partial charge is 0.121 e. The minimum absolute atomic E-state index is 0.730. The second-order valence-electron chi connectivity index (χ2n) is 3.53. The van der Waals surface area contributed by atoms with Gasteiger partial charge in [-0.15, -0.1) is 0 Å². The molecule has 1 aliphatic rings. The number of rotatable bonds is 4. The standard InChI is InChI=1S/C9H16N4/c1-2-13-9(10)5-8(12-13)6-11-7-3-4-7/h5,7,11H,2-4,6,10H2,1H3. The van der Waals surface area contributed by atoms with Crippen LogP contribution in [0.1, 0.15) is 25.5 Å². The highest BCUT2D eigenvalue weighted by atomic mass is 15.3. The Hall–Kier alpha value is -1.03. The Morgan fingerprint density at radius 1 is 1.69 bits per heavy atom. The summed E-state index contributed by atoms with van der Waals surface area (Å²) in [6, 6.07) is 2.67. The number of aromatic nitrogens is 2. The zero-order valence-corrected chi connectivity index (χ0v) is 7.95. The lowest BCUT2D eigenvalue weighted by Crippen LogP contribution is -2.15. The molecule has 72 valence electrons. The van der Waals surface area contributed by atoms with Crippen LogP contribution < -0.4 is 11.1 Å². The number of aryl methyl sites for hydroxylation is 1. The fraction of sp³-hybridized carbons (Fsp3) is 0.667. The van der Waals surface area contributed by atoms with Crippen molar-refractivity contribution in [2.45, 2.75) is 38.9 Å². The van der Waals surface area contributed by atoms with E-state index in [2.05, 4.69) is 10.4 Å². The zero-order valence-electron chi connectivity index (χ0n) is 7.95. The van der Waals surface area contributed by atoms with E-state index in [9.17, 15) is 0 Å². The van der Waals surface area contributed by atoms with Gasteiger partial charge >= 0.3 is 0 Å². The quantitative estimate of drug-likeness (QED) is 0.718. The van der Waals surface area contributed by atoms with Crippen LogP contribution in [0.3, 0.4) is 0 Å². The first-order chi connectivity index (χ1) is 6.29. The molecule has 2 rings (SSSR count). The van der Waals surface area contributed by atoms with Gasteiger partial charge in [-0.1, -0.05) is 0 Å². The summed E-state index contributed by atoms with van der Waals surface area (Å²) in [4.78, 5) is 0. The van der Waals surface area contributed by atoms with Crippen molar-refractivity contribution in [3.8, 4) is 0 Å². The van der Waals surface area contributed by atoms with E-state index < -0.39 is 0 Å². The highest BCUT2D eigenvalue weighted by molar-refractivity contribution is 5.30. The molecule has 0 aromatic carbocycles. The third-order valence-corrected chi connectivity index (χ3v) is 2.31. The van der Waals surface area contributed by atoms with E-state index in [-0.39, 0.29) is 0 Å². The Morgan fingerprint density at radius 3 is 3.00 bits per heavy atom. The second kappa shape index (κ2) is 3.38. The minimum atomic E-state index is 0.730. The molecular formula is C9H16N4. The van der Waals surface area contributed by atoms with Crippen LogP contribution in [-0.4, -0.2) is 15.8 Å². The highest BCUT2D eigenvalue weighted by Gasteiger charge is 2.20. The predicted octanol–water partition coefficient (Wildman–Crippen LogP) is 0.737. The summed E-state index contributed by atoms with van der Waals surface area (Å²) in [6.07, 6.45) is 2.62. The van der Waals surface area contributed by atoms with Gasteiger partial charge in [0.25, 0.3) is 0 Å². The van der Waals surface area contributed by atoms with Gasteiger partial charge in [0.15, 0.2) is 0 Å². The van der Waals surface area contributed by atoms with Crippen molar-refractivity contribution in [3.63, 3.8) is 0 Å². The average Bonchev–Trinajstić information content (AvgIpc) is 2.87. The van der Waals surface area contributed by atoms with Crippen molar-refractivity contribution < 1.29 is 0 Å². The number of nitrogen functional groups attached to an aromatic ring is 1. The van der Waals surface area contributed by atoms with Gasteiger partial charge in [0.05, 0.1) is 5.69 Å². The van der Waals surface area contributed by atoms with Gasteiger partial charge in [-0.05, 0) is 19.8 Å². The lowest BCUT2D eigenvalue weighted by Gasteiger charge is -1.98. The summed E-state index contributed by atoms with van der Waals surface area (Å²) in [6.45, 7) is 3.73. The number of hydrogen-bond donors (Lipinski definition) is 2. The molecule has 1 aromatic rings. The molecule has 1 aromatic heterocycles. The number of hydrogen-bond acceptors (Lipinski definition) is 3. The molecule has 4 nitrogen and oxygen atoms in total. The maximum atomic E-state index is 5.75. The molecule has 0 spiro atoms. The third kappa shape index (κ3) is 2.01. The van der Waals surface area contributed by atoms with Gasteiger partial charge in [0, 0.05) is 25.2 Å². The SMILES string of the molecule is CCn1nc(CNC2CC2)cc1N. The number of nitrogens with zero attached hydrogens (tertiary/aromatic N) is 2. The van der Waals surface area contributed by atoms with Crippen LogP contribution in [0.5, 0.6) is 0 Å². The van der Waals surface area contributed by atoms with E-state index >= 15 is 0 Å². The van der Waals surface area contributed by atoms with Crippen LogP contribution in [0, 0.1) is 0 Å². The number of nitrogens with two attached hydrogens (primary N) is 1. The summed E-state index contributed by atoms with van der Waals surface area (Å²) in [5.74, 6) is 0.759. The fourth-order valence-electron chi connectivity index (χ4n) is 1.36. The van der Waals surface area contributed by atoms with E-state index in [1.807, 2.05) is 17.7 Å². The van der Waals surface area contributed by atoms with Crippen molar-refractivity contribution >= 4 is 5.82 Å². The van der Waals surface area contributed by atoms with E-state index in [1.165, 1.54) is 12.8 Å². The largest absolute Gasteiger partial charge is 0.384 e. The summed E-state index contributed by atoms with van der Waals surface area (Å²) >= 11 is 0. The van der Waals surface area contributed by atoms with Crippen molar-refractivity contribution in [3.05, 3.63) is 11.8 Å². The van der Waals surface area contributed by atoms with Gasteiger partial charge in [-0.25, -0.2) is 0 Å². The first-order valence-corrected chi connectivity index (χ1v) is 4.85.